The van der Waals surface area contributed by atoms with Crippen molar-refractivity contribution in [2.24, 2.45) is 4.99 Å². The number of anilines is 1. The Morgan fingerprint density at radius 3 is 3.00 bits per heavy atom. The molecule has 0 bridgehead atoms. The van der Waals surface area contributed by atoms with Gasteiger partial charge in [0.05, 0.1) is 16.2 Å². The van der Waals surface area contributed by atoms with Crippen LogP contribution in [0.25, 0.3) is 0 Å². The Morgan fingerprint density at radius 1 is 1.56 bits per heavy atom. The van der Waals surface area contributed by atoms with E-state index in [1.807, 2.05) is 0 Å². The van der Waals surface area contributed by atoms with Gasteiger partial charge in [-0.05, 0) is 38.0 Å². The first-order chi connectivity index (χ1) is 8.52. The number of benzene rings is 1. The number of hydrogen-bond donors (Lipinski definition) is 1. The van der Waals surface area contributed by atoms with E-state index in [1.165, 1.54) is 12.1 Å². The summed E-state index contributed by atoms with van der Waals surface area (Å²) >= 11 is 7.66. The minimum absolute atomic E-state index is 0.0000892. The van der Waals surface area contributed by atoms with Crippen LogP contribution in [0.1, 0.15) is 26.7 Å². The van der Waals surface area contributed by atoms with Gasteiger partial charge in [-0.2, -0.15) is 0 Å². The molecule has 2 rings (SSSR count). The normalized spacial score (nSPS) is 23.7. The zero-order valence-electron chi connectivity index (χ0n) is 10.5. The average molecular weight is 287 g/mol. The molecule has 1 aromatic rings. The van der Waals surface area contributed by atoms with Crippen LogP contribution >= 0.6 is 23.4 Å². The predicted octanol–water partition coefficient (Wildman–Crippen LogP) is 4.55. The third-order valence-electron chi connectivity index (χ3n) is 3.19. The number of halogens is 2. The Bertz CT molecular complexity index is 478. The summed E-state index contributed by atoms with van der Waals surface area (Å²) in [6.45, 7) is 4.29. The van der Waals surface area contributed by atoms with Crippen LogP contribution < -0.4 is 5.32 Å². The Kier molecular flexibility index (Phi) is 4.17. The van der Waals surface area contributed by atoms with E-state index in [2.05, 4.69) is 19.2 Å². The highest BCUT2D eigenvalue weighted by atomic mass is 35.5. The summed E-state index contributed by atoms with van der Waals surface area (Å²) in [5.41, 5.74) is 0.699. The number of thioether (sulfide) groups is 1. The molecule has 1 unspecified atom stereocenters. The Labute approximate surface area is 116 Å². The molecule has 0 spiro atoms. The summed E-state index contributed by atoms with van der Waals surface area (Å²) in [4.78, 5) is 4.71. The van der Waals surface area contributed by atoms with Crippen molar-refractivity contribution >= 4 is 34.2 Å². The highest BCUT2D eigenvalue weighted by Crippen LogP contribution is 2.31. The number of amidine groups is 1. The molecule has 2 nitrogen and oxygen atoms in total. The second kappa shape index (κ2) is 5.49. The quantitative estimate of drug-likeness (QED) is 0.862. The molecular formula is C13H16ClFN2S. The number of nitrogens with zero attached hydrogens (tertiary/aromatic N) is 1. The third kappa shape index (κ3) is 3.18. The smallest absolute Gasteiger partial charge is 0.161 e. The van der Waals surface area contributed by atoms with Gasteiger partial charge in [0.15, 0.2) is 5.17 Å². The molecule has 1 atom stereocenters. The molecule has 0 fully saturated rings. The maximum atomic E-state index is 13.0. The van der Waals surface area contributed by atoms with Crippen LogP contribution in [-0.4, -0.2) is 16.5 Å². The van der Waals surface area contributed by atoms with Crippen molar-refractivity contribution in [3.8, 4) is 0 Å². The molecule has 1 aliphatic rings. The zero-order chi connectivity index (χ0) is 13.2. The molecule has 5 heteroatoms. The van der Waals surface area contributed by atoms with Gasteiger partial charge in [-0.3, -0.25) is 4.99 Å². The second-order valence-corrected chi connectivity index (χ2v) is 6.11. The van der Waals surface area contributed by atoms with Crippen molar-refractivity contribution < 1.29 is 4.39 Å². The maximum Gasteiger partial charge on any atom is 0.161 e. The fourth-order valence-electron chi connectivity index (χ4n) is 1.73. The van der Waals surface area contributed by atoms with Crippen LogP contribution in [-0.2, 0) is 0 Å². The Hall–Kier alpha value is -0.740. The molecule has 1 N–H and O–H groups in total. The largest absolute Gasteiger partial charge is 0.334 e. The van der Waals surface area contributed by atoms with Crippen molar-refractivity contribution in [2.75, 3.05) is 11.1 Å². The van der Waals surface area contributed by atoms with E-state index in [-0.39, 0.29) is 11.4 Å². The van der Waals surface area contributed by atoms with Crippen LogP contribution in [0.15, 0.2) is 23.2 Å². The average Bonchev–Trinajstić information content (AvgIpc) is 2.33. The molecule has 0 aliphatic carbocycles. The molecule has 98 valence electrons. The van der Waals surface area contributed by atoms with Gasteiger partial charge in [0.2, 0.25) is 0 Å². The van der Waals surface area contributed by atoms with Crippen LogP contribution in [0.3, 0.4) is 0 Å². The van der Waals surface area contributed by atoms with Crippen LogP contribution in [0.2, 0.25) is 5.02 Å². The van der Waals surface area contributed by atoms with Gasteiger partial charge >= 0.3 is 0 Å². The monoisotopic (exact) mass is 286 g/mol. The van der Waals surface area contributed by atoms with Gasteiger partial charge in [0.1, 0.15) is 5.82 Å². The molecule has 1 aliphatic heterocycles. The highest BCUT2D eigenvalue weighted by molar-refractivity contribution is 8.14. The summed E-state index contributed by atoms with van der Waals surface area (Å²) < 4.78 is 13.0. The lowest BCUT2D eigenvalue weighted by atomic mass is 9.97. The van der Waals surface area contributed by atoms with E-state index in [9.17, 15) is 4.39 Å². The minimum atomic E-state index is -0.331. The lowest BCUT2D eigenvalue weighted by molar-refractivity contribution is 0.443. The van der Waals surface area contributed by atoms with E-state index >= 15 is 0 Å². The second-order valence-electron chi connectivity index (χ2n) is 4.62. The van der Waals surface area contributed by atoms with Crippen LogP contribution in [0.5, 0.6) is 0 Å². The number of aliphatic imine (C=N–C) groups is 1. The van der Waals surface area contributed by atoms with Crippen molar-refractivity contribution in [3.05, 3.63) is 29.0 Å². The first-order valence-corrected chi connectivity index (χ1v) is 7.33. The standard InChI is InChI=1S/C13H16ClFN2S/c1-3-13(2)6-7-18-12(17-13)16-11-5-4-9(15)8-10(11)14/h4-5,8H,3,6-7H2,1-2H3,(H,16,17). The molecule has 1 heterocycles. The fraction of sp³-hybridized carbons (Fsp3) is 0.462. The minimum Gasteiger partial charge on any atom is -0.334 e. The molecule has 0 radical (unpaired) electrons. The topological polar surface area (TPSA) is 24.4 Å². The van der Waals surface area contributed by atoms with Crippen molar-refractivity contribution in [1.29, 1.82) is 0 Å². The van der Waals surface area contributed by atoms with E-state index in [1.54, 1.807) is 17.8 Å². The maximum absolute atomic E-state index is 13.0. The molecule has 0 saturated carbocycles. The van der Waals surface area contributed by atoms with E-state index < -0.39 is 0 Å². The van der Waals surface area contributed by atoms with Gasteiger partial charge in [-0.25, -0.2) is 4.39 Å². The summed E-state index contributed by atoms with van der Waals surface area (Å²) in [6, 6.07) is 4.33. The van der Waals surface area contributed by atoms with Crippen LogP contribution in [0, 0.1) is 5.82 Å². The number of nitrogens with one attached hydrogen (secondary N) is 1. The Morgan fingerprint density at radius 2 is 2.33 bits per heavy atom. The van der Waals surface area contributed by atoms with E-state index in [0.29, 0.717) is 10.7 Å². The van der Waals surface area contributed by atoms with E-state index in [0.717, 1.165) is 23.8 Å². The molecular weight excluding hydrogens is 271 g/mol. The zero-order valence-corrected chi connectivity index (χ0v) is 12.0. The first-order valence-electron chi connectivity index (χ1n) is 5.97. The molecule has 18 heavy (non-hydrogen) atoms. The lowest BCUT2D eigenvalue weighted by Crippen LogP contribution is -2.29. The summed E-state index contributed by atoms with van der Waals surface area (Å²) in [7, 11) is 0. The van der Waals surface area contributed by atoms with Gasteiger partial charge in [-0.15, -0.1) is 0 Å². The van der Waals surface area contributed by atoms with Crippen molar-refractivity contribution in [1.82, 2.24) is 0 Å². The first kappa shape index (κ1) is 13.7. The van der Waals surface area contributed by atoms with E-state index in [4.69, 9.17) is 16.6 Å². The molecule has 0 saturated heterocycles. The molecule has 1 aromatic carbocycles. The van der Waals surface area contributed by atoms with Crippen LogP contribution in [0.4, 0.5) is 10.1 Å². The lowest BCUT2D eigenvalue weighted by Gasteiger charge is -2.29. The molecule has 0 aromatic heterocycles. The molecule has 0 amide bonds. The van der Waals surface area contributed by atoms with Gasteiger partial charge < -0.3 is 5.32 Å². The van der Waals surface area contributed by atoms with Gasteiger partial charge in [-0.1, -0.05) is 30.3 Å². The van der Waals surface area contributed by atoms with Gasteiger partial charge in [0, 0.05) is 5.75 Å². The predicted molar refractivity (Wildman–Crippen MR) is 78.2 cm³/mol. The summed E-state index contributed by atoms with van der Waals surface area (Å²) in [5, 5.41) is 4.42. The number of rotatable bonds is 2. The summed E-state index contributed by atoms with van der Waals surface area (Å²) in [5.74, 6) is 0.705. The fourth-order valence-corrected chi connectivity index (χ4v) is 3.14. The Balaban J connectivity index is 2.18. The van der Waals surface area contributed by atoms with Crippen molar-refractivity contribution in [2.45, 2.75) is 32.2 Å². The highest BCUT2D eigenvalue weighted by Gasteiger charge is 2.26. The van der Waals surface area contributed by atoms with Crippen molar-refractivity contribution in [3.63, 3.8) is 0 Å². The van der Waals surface area contributed by atoms with Gasteiger partial charge in [0.25, 0.3) is 0 Å². The third-order valence-corrected chi connectivity index (χ3v) is 4.37. The summed E-state index contributed by atoms with van der Waals surface area (Å²) in [6.07, 6.45) is 2.09. The number of hydrogen-bond acceptors (Lipinski definition) is 3. The SMILES string of the molecule is CCC1(C)CCSC(Nc2ccc(F)cc2Cl)=N1.